The molecule has 1 N–H and O–H groups in total. The van der Waals surface area contributed by atoms with Crippen molar-refractivity contribution in [2.45, 2.75) is 13.2 Å². The predicted molar refractivity (Wildman–Crippen MR) is 116 cm³/mol. The number of aromatic nitrogens is 1. The molecule has 0 saturated heterocycles. The van der Waals surface area contributed by atoms with Crippen molar-refractivity contribution in [2.75, 3.05) is 0 Å². The number of pyridine rings is 1. The smallest absolute Gasteiger partial charge is 0.251 e. The van der Waals surface area contributed by atoms with Crippen LogP contribution in [0.2, 0.25) is 0 Å². The van der Waals surface area contributed by atoms with Crippen LogP contribution < -0.4 is 10.1 Å². The van der Waals surface area contributed by atoms with Gasteiger partial charge in [0, 0.05) is 18.3 Å². The van der Waals surface area contributed by atoms with E-state index in [-0.39, 0.29) is 5.91 Å². The van der Waals surface area contributed by atoms with Crippen molar-refractivity contribution in [1.82, 2.24) is 10.3 Å². The molecule has 2 aromatic carbocycles. The number of carbonyl (C=O) groups excluding carboxylic acids is 1. The van der Waals surface area contributed by atoms with E-state index in [1.165, 1.54) is 0 Å². The van der Waals surface area contributed by atoms with Gasteiger partial charge in [0.15, 0.2) is 0 Å². The summed E-state index contributed by atoms with van der Waals surface area (Å²) in [6.45, 7) is 0.906. The number of ether oxygens (including phenoxy) is 1. The van der Waals surface area contributed by atoms with Crippen molar-refractivity contribution in [1.29, 1.82) is 0 Å². The van der Waals surface area contributed by atoms with Crippen molar-refractivity contribution in [3.63, 3.8) is 0 Å². The van der Waals surface area contributed by atoms with Gasteiger partial charge in [0.2, 0.25) is 0 Å². The number of hydrogen-bond acceptors (Lipinski definition) is 4. The van der Waals surface area contributed by atoms with Gasteiger partial charge in [0.25, 0.3) is 5.91 Å². The van der Waals surface area contributed by atoms with E-state index in [0.717, 1.165) is 21.7 Å². The van der Waals surface area contributed by atoms with Gasteiger partial charge in [-0.25, -0.2) is 0 Å². The van der Waals surface area contributed by atoms with Gasteiger partial charge < -0.3 is 10.1 Å². The van der Waals surface area contributed by atoms with Crippen LogP contribution in [0.5, 0.6) is 5.75 Å². The zero-order valence-corrected chi connectivity index (χ0v) is 16.6. The van der Waals surface area contributed by atoms with E-state index in [1.807, 2.05) is 72.1 Å². The first-order chi connectivity index (χ1) is 14.3. The minimum atomic E-state index is -0.135. The van der Waals surface area contributed by atoms with Crippen LogP contribution in [-0.2, 0) is 13.2 Å². The average Bonchev–Trinajstić information content (AvgIpc) is 3.32. The van der Waals surface area contributed by atoms with E-state index in [2.05, 4.69) is 10.3 Å². The van der Waals surface area contributed by atoms with Crippen molar-refractivity contribution in [3.8, 4) is 16.3 Å². The fourth-order valence-electron chi connectivity index (χ4n) is 2.90. The second-order valence-electron chi connectivity index (χ2n) is 6.51. The Hall–Kier alpha value is -3.44. The average molecular weight is 401 g/mol. The second kappa shape index (κ2) is 9.17. The molecule has 0 atom stereocenters. The highest BCUT2D eigenvalue weighted by Gasteiger charge is 2.08. The third-order valence-corrected chi connectivity index (χ3v) is 5.29. The minimum Gasteiger partial charge on any atom is -0.489 e. The molecule has 2 heterocycles. The Kier molecular flexibility index (Phi) is 5.98. The van der Waals surface area contributed by atoms with Gasteiger partial charge in [0.05, 0.1) is 10.6 Å². The topological polar surface area (TPSA) is 51.2 Å². The first-order valence-corrected chi connectivity index (χ1v) is 10.2. The lowest BCUT2D eigenvalue weighted by atomic mass is 10.1. The summed E-state index contributed by atoms with van der Waals surface area (Å²) in [6, 6.07) is 25.1. The van der Waals surface area contributed by atoms with E-state index in [1.54, 1.807) is 29.7 Å². The molecule has 0 aliphatic rings. The molecule has 0 bridgehead atoms. The number of hydrogen-bond donors (Lipinski definition) is 1. The summed E-state index contributed by atoms with van der Waals surface area (Å²) in [5.41, 5.74) is 3.58. The number of nitrogens with zero attached hydrogens (tertiary/aromatic N) is 1. The van der Waals surface area contributed by atoms with Gasteiger partial charge in [-0.3, -0.25) is 9.78 Å². The van der Waals surface area contributed by atoms with Crippen LogP contribution in [0, 0.1) is 0 Å². The van der Waals surface area contributed by atoms with E-state index in [9.17, 15) is 4.79 Å². The molecule has 0 saturated carbocycles. The molecule has 0 fully saturated rings. The number of carbonyl (C=O) groups is 1. The largest absolute Gasteiger partial charge is 0.489 e. The Morgan fingerprint density at radius 1 is 0.931 bits per heavy atom. The molecule has 4 aromatic rings. The molecule has 144 valence electrons. The van der Waals surface area contributed by atoms with E-state index in [0.29, 0.717) is 24.5 Å². The summed E-state index contributed by atoms with van der Waals surface area (Å²) in [5, 5.41) is 5.00. The van der Waals surface area contributed by atoms with Crippen LogP contribution in [-0.4, -0.2) is 10.9 Å². The zero-order chi connectivity index (χ0) is 19.9. The third kappa shape index (κ3) is 5.09. The van der Waals surface area contributed by atoms with Gasteiger partial charge in [0.1, 0.15) is 12.4 Å². The number of rotatable bonds is 7. The quantitative estimate of drug-likeness (QED) is 0.457. The van der Waals surface area contributed by atoms with Gasteiger partial charge in [-0.1, -0.05) is 42.5 Å². The van der Waals surface area contributed by atoms with Gasteiger partial charge >= 0.3 is 0 Å². The lowest BCUT2D eigenvalue weighted by Gasteiger charge is -2.09. The lowest BCUT2D eigenvalue weighted by Crippen LogP contribution is -2.22. The standard InChI is InChI=1S/C24H20N2O2S/c27-24(26-16-19-11-12-25-22(14-19)23-10-5-13-29-23)20-8-4-9-21(15-20)28-17-18-6-2-1-3-7-18/h1-15H,16-17H2,(H,26,27). The van der Waals surface area contributed by atoms with Gasteiger partial charge in [-0.15, -0.1) is 11.3 Å². The molecule has 2 aromatic heterocycles. The summed E-state index contributed by atoms with van der Waals surface area (Å²) < 4.78 is 5.82. The molecule has 0 unspecified atom stereocenters. The number of nitrogens with one attached hydrogen (secondary N) is 1. The zero-order valence-electron chi connectivity index (χ0n) is 15.7. The van der Waals surface area contributed by atoms with Crippen molar-refractivity contribution in [3.05, 3.63) is 107 Å². The van der Waals surface area contributed by atoms with Gasteiger partial charge in [-0.05, 0) is 52.9 Å². The lowest BCUT2D eigenvalue weighted by molar-refractivity contribution is 0.0950. The molecule has 1 amide bonds. The molecular weight excluding hydrogens is 380 g/mol. The molecule has 0 radical (unpaired) electrons. The molecule has 0 spiro atoms. The number of amides is 1. The fourth-order valence-corrected chi connectivity index (χ4v) is 3.59. The molecule has 4 nitrogen and oxygen atoms in total. The maximum absolute atomic E-state index is 12.6. The highest BCUT2D eigenvalue weighted by atomic mass is 32.1. The molecule has 4 rings (SSSR count). The third-order valence-electron chi connectivity index (χ3n) is 4.40. The van der Waals surface area contributed by atoms with E-state index >= 15 is 0 Å². The normalized spacial score (nSPS) is 10.5. The van der Waals surface area contributed by atoms with Crippen LogP contribution in [0.1, 0.15) is 21.5 Å². The van der Waals surface area contributed by atoms with Crippen LogP contribution in [0.4, 0.5) is 0 Å². The Labute approximate surface area is 173 Å². The molecule has 29 heavy (non-hydrogen) atoms. The van der Waals surface area contributed by atoms with Gasteiger partial charge in [-0.2, -0.15) is 0 Å². The summed E-state index contributed by atoms with van der Waals surface area (Å²) in [5.74, 6) is 0.537. The van der Waals surface area contributed by atoms with E-state index < -0.39 is 0 Å². The maximum atomic E-state index is 12.6. The van der Waals surface area contributed by atoms with Crippen LogP contribution >= 0.6 is 11.3 Å². The molecule has 5 heteroatoms. The Morgan fingerprint density at radius 3 is 2.66 bits per heavy atom. The highest BCUT2D eigenvalue weighted by Crippen LogP contribution is 2.23. The van der Waals surface area contributed by atoms with E-state index in [4.69, 9.17) is 4.74 Å². The fraction of sp³-hybridized carbons (Fsp3) is 0.0833. The minimum absolute atomic E-state index is 0.135. The van der Waals surface area contributed by atoms with Crippen molar-refractivity contribution >= 4 is 17.2 Å². The summed E-state index contributed by atoms with van der Waals surface area (Å²) in [7, 11) is 0. The summed E-state index contributed by atoms with van der Waals surface area (Å²) in [4.78, 5) is 18.1. The van der Waals surface area contributed by atoms with Crippen LogP contribution in [0.25, 0.3) is 10.6 Å². The van der Waals surface area contributed by atoms with Crippen LogP contribution in [0.3, 0.4) is 0 Å². The van der Waals surface area contributed by atoms with Crippen molar-refractivity contribution < 1.29 is 9.53 Å². The van der Waals surface area contributed by atoms with Crippen molar-refractivity contribution in [2.24, 2.45) is 0 Å². The summed E-state index contributed by atoms with van der Waals surface area (Å²) in [6.07, 6.45) is 1.77. The van der Waals surface area contributed by atoms with Crippen LogP contribution in [0.15, 0.2) is 90.4 Å². The second-order valence-corrected chi connectivity index (χ2v) is 7.46. The number of thiophene rings is 1. The molecule has 0 aliphatic carbocycles. The Bertz CT molecular complexity index is 1080. The molecule has 0 aliphatic heterocycles. The Balaban J connectivity index is 1.37. The number of benzene rings is 2. The first kappa shape index (κ1) is 18.9. The highest BCUT2D eigenvalue weighted by molar-refractivity contribution is 7.13. The Morgan fingerprint density at radius 2 is 1.83 bits per heavy atom. The monoisotopic (exact) mass is 400 g/mol. The predicted octanol–water partition coefficient (Wildman–Crippen LogP) is 5.32. The maximum Gasteiger partial charge on any atom is 0.251 e. The first-order valence-electron chi connectivity index (χ1n) is 9.32. The molecular formula is C24H20N2O2S. The SMILES string of the molecule is O=C(NCc1ccnc(-c2cccs2)c1)c1cccc(OCc2ccccc2)c1. The summed E-state index contributed by atoms with van der Waals surface area (Å²) >= 11 is 1.65.